The minimum atomic E-state index is -0.228. The van der Waals surface area contributed by atoms with Crippen molar-refractivity contribution in [1.29, 1.82) is 0 Å². The van der Waals surface area contributed by atoms with Crippen LogP contribution in [-0.4, -0.2) is 42.5 Å². The number of para-hydroxylation sites is 1. The van der Waals surface area contributed by atoms with Gasteiger partial charge in [0.15, 0.2) is 5.13 Å². The van der Waals surface area contributed by atoms with Crippen LogP contribution in [0.3, 0.4) is 0 Å². The average Bonchev–Trinajstić information content (AvgIpc) is 3.44. The molecule has 5 rings (SSSR count). The zero-order chi connectivity index (χ0) is 20.3. The summed E-state index contributed by atoms with van der Waals surface area (Å²) < 4.78 is 1.48. The molecule has 2 aromatic heterocycles. The first-order valence-corrected chi connectivity index (χ1v) is 10.5. The monoisotopic (exact) mass is 417 g/mol. The highest BCUT2D eigenvalue weighted by molar-refractivity contribution is 7.15. The normalized spacial score (nSPS) is 13.7. The topological polar surface area (TPSA) is 88.8 Å². The molecule has 0 saturated carbocycles. The molecule has 8 nitrogen and oxygen atoms in total. The third-order valence-corrected chi connectivity index (χ3v) is 6.02. The van der Waals surface area contributed by atoms with E-state index in [-0.39, 0.29) is 5.91 Å². The van der Waals surface area contributed by atoms with E-state index in [0.29, 0.717) is 16.4 Å². The van der Waals surface area contributed by atoms with Gasteiger partial charge in [0, 0.05) is 30.9 Å². The molecule has 1 N–H and O–H groups in total. The number of anilines is 1. The van der Waals surface area contributed by atoms with Crippen LogP contribution in [-0.2, 0) is 19.5 Å². The molecule has 0 atom stereocenters. The number of hydrogen-bond donors (Lipinski definition) is 1. The standard InChI is InChI=1S/C21H19N7OS/c29-20(16-8-4-5-9-18(16)28-14-22-25-26-28)24-21-23-17-10-11-27(13-19(17)30-21)12-15-6-2-1-3-7-15/h1-9,14H,10-13H2,(H,23,24,29). The van der Waals surface area contributed by atoms with Gasteiger partial charge in [-0.1, -0.05) is 42.5 Å². The van der Waals surface area contributed by atoms with Crippen molar-refractivity contribution in [3.63, 3.8) is 0 Å². The summed E-state index contributed by atoms with van der Waals surface area (Å²) >= 11 is 1.54. The van der Waals surface area contributed by atoms with Crippen molar-refractivity contribution in [3.05, 3.63) is 82.6 Å². The third kappa shape index (κ3) is 3.85. The highest BCUT2D eigenvalue weighted by atomic mass is 32.1. The molecular formula is C21H19N7OS. The van der Waals surface area contributed by atoms with Gasteiger partial charge >= 0.3 is 0 Å². The molecule has 0 unspecified atom stereocenters. The lowest BCUT2D eigenvalue weighted by atomic mass is 10.1. The number of nitrogens with one attached hydrogen (secondary N) is 1. The minimum Gasteiger partial charge on any atom is -0.298 e. The molecule has 4 aromatic rings. The number of amides is 1. The zero-order valence-corrected chi connectivity index (χ0v) is 16.9. The fourth-order valence-electron chi connectivity index (χ4n) is 3.58. The Bertz CT molecular complexity index is 1160. The van der Waals surface area contributed by atoms with Gasteiger partial charge in [0.05, 0.1) is 16.9 Å². The van der Waals surface area contributed by atoms with Crippen molar-refractivity contribution in [1.82, 2.24) is 30.1 Å². The maximum absolute atomic E-state index is 12.9. The summed E-state index contributed by atoms with van der Waals surface area (Å²) in [6, 6.07) is 17.7. The number of tetrazole rings is 1. The number of thiazole rings is 1. The van der Waals surface area contributed by atoms with Crippen LogP contribution in [0.15, 0.2) is 60.9 Å². The molecule has 0 radical (unpaired) electrons. The lowest BCUT2D eigenvalue weighted by Crippen LogP contribution is -2.29. The number of nitrogens with zero attached hydrogens (tertiary/aromatic N) is 6. The Morgan fingerprint density at radius 2 is 1.93 bits per heavy atom. The number of hydrogen-bond acceptors (Lipinski definition) is 7. The Hall–Kier alpha value is -3.43. The molecule has 0 fully saturated rings. The largest absolute Gasteiger partial charge is 0.298 e. The molecule has 0 bridgehead atoms. The number of carbonyl (C=O) groups is 1. The quantitative estimate of drug-likeness (QED) is 0.537. The smallest absolute Gasteiger partial charge is 0.259 e. The first kappa shape index (κ1) is 18.6. The molecule has 2 aromatic carbocycles. The number of fused-ring (bicyclic) bond motifs is 1. The van der Waals surface area contributed by atoms with Gasteiger partial charge in [-0.2, -0.15) is 4.68 Å². The molecule has 1 aliphatic heterocycles. The Labute approximate surface area is 177 Å². The van der Waals surface area contributed by atoms with Crippen LogP contribution in [0, 0.1) is 0 Å². The Balaban J connectivity index is 1.31. The predicted octanol–water partition coefficient (Wildman–Crippen LogP) is 2.93. The van der Waals surface area contributed by atoms with Crippen LogP contribution < -0.4 is 5.32 Å². The van der Waals surface area contributed by atoms with Crippen LogP contribution in [0.2, 0.25) is 0 Å². The summed E-state index contributed by atoms with van der Waals surface area (Å²) in [5.41, 5.74) is 3.49. The van der Waals surface area contributed by atoms with Crippen molar-refractivity contribution in [2.75, 3.05) is 11.9 Å². The number of benzene rings is 2. The average molecular weight is 417 g/mol. The Kier molecular flexibility index (Phi) is 5.04. The zero-order valence-electron chi connectivity index (χ0n) is 16.1. The second-order valence-electron chi connectivity index (χ2n) is 7.06. The van der Waals surface area contributed by atoms with Crippen LogP contribution in [0.25, 0.3) is 5.69 Å². The van der Waals surface area contributed by atoms with E-state index in [1.165, 1.54) is 21.4 Å². The highest BCUT2D eigenvalue weighted by Gasteiger charge is 2.22. The van der Waals surface area contributed by atoms with Gasteiger partial charge < -0.3 is 0 Å². The summed E-state index contributed by atoms with van der Waals surface area (Å²) in [6.45, 7) is 2.72. The van der Waals surface area contributed by atoms with Crippen LogP contribution in [0.5, 0.6) is 0 Å². The number of carbonyl (C=O) groups excluding carboxylic acids is 1. The third-order valence-electron chi connectivity index (χ3n) is 5.02. The van der Waals surface area contributed by atoms with Crippen molar-refractivity contribution >= 4 is 22.4 Å². The maximum Gasteiger partial charge on any atom is 0.259 e. The van der Waals surface area contributed by atoms with Crippen LogP contribution in [0.4, 0.5) is 5.13 Å². The van der Waals surface area contributed by atoms with E-state index in [9.17, 15) is 4.79 Å². The second-order valence-corrected chi connectivity index (χ2v) is 8.14. The Morgan fingerprint density at radius 3 is 2.77 bits per heavy atom. The van der Waals surface area contributed by atoms with Crippen molar-refractivity contribution in [2.45, 2.75) is 19.5 Å². The first-order chi connectivity index (χ1) is 14.8. The molecule has 1 aliphatic rings. The van der Waals surface area contributed by atoms with E-state index in [1.54, 1.807) is 23.5 Å². The van der Waals surface area contributed by atoms with E-state index in [2.05, 4.69) is 55.0 Å². The van der Waals surface area contributed by atoms with Crippen molar-refractivity contribution in [2.24, 2.45) is 0 Å². The number of rotatable bonds is 5. The summed E-state index contributed by atoms with van der Waals surface area (Å²) in [4.78, 5) is 21.2. The van der Waals surface area contributed by atoms with Crippen molar-refractivity contribution < 1.29 is 4.79 Å². The molecule has 3 heterocycles. The van der Waals surface area contributed by atoms with Gasteiger partial charge in [-0.15, -0.1) is 16.4 Å². The predicted molar refractivity (Wildman–Crippen MR) is 113 cm³/mol. The van der Waals surface area contributed by atoms with Gasteiger partial charge in [-0.3, -0.25) is 15.0 Å². The molecule has 0 saturated heterocycles. The summed E-state index contributed by atoms with van der Waals surface area (Å²) in [7, 11) is 0. The maximum atomic E-state index is 12.9. The van der Waals surface area contributed by atoms with Crippen molar-refractivity contribution in [3.8, 4) is 5.69 Å². The van der Waals surface area contributed by atoms with Gasteiger partial charge in [-0.05, 0) is 28.1 Å². The highest BCUT2D eigenvalue weighted by Crippen LogP contribution is 2.29. The molecule has 0 spiro atoms. The fourth-order valence-corrected chi connectivity index (χ4v) is 4.63. The van der Waals surface area contributed by atoms with Gasteiger partial charge in [0.25, 0.3) is 5.91 Å². The molecular weight excluding hydrogens is 398 g/mol. The van der Waals surface area contributed by atoms with Gasteiger partial charge in [-0.25, -0.2) is 4.98 Å². The van der Waals surface area contributed by atoms with E-state index in [4.69, 9.17) is 0 Å². The van der Waals surface area contributed by atoms with E-state index in [1.807, 2.05) is 18.2 Å². The van der Waals surface area contributed by atoms with E-state index in [0.717, 1.165) is 31.7 Å². The molecule has 30 heavy (non-hydrogen) atoms. The molecule has 0 aliphatic carbocycles. The van der Waals surface area contributed by atoms with Crippen LogP contribution in [0.1, 0.15) is 26.5 Å². The van der Waals surface area contributed by atoms with Gasteiger partial charge in [0.1, 0.15) is 6.33 Å². The SMILES string of the molecule is O=C(Nc1nc2c(s1)CN(Cc1ccccc1)CC2)c1ccccc1-n1cnnn1. The van der Waals surface area contributed by atoms with E-state index >= 15 is 0 Å². The lowest BCUT2D eigenvalue weighted by molar-refractivity contribution is 0.102. The van der Waals surface area contributed by atoms with Gasteiger partial charge in [0.2, 0.25) is 0 Å². The first-order valence-electron chi connectivity index (χ1n) is 9.65. The molecule has 1 amide bonds. The second kappa shape index (κ2) is 8.13. The summed E-state index contributed by atoms with van der Waals surface area (Å²) in [5, 5.41) is 14.8. The minimum absolute atomic E-state index is 0.228. The summed E-state index contributed by atoms with van der Waals surface area (Å²) in [6.07, 6.45) is 2.35. The molecule has 150 valence electrons. The van der Waals surface area contributed by atoms with E-state index < -0.39 is 0 Å². The fraction of sp³-hybridized carbons (Fsp3) is 0.190. The van der Waals surface area contributed by atoms with Crippen LogP contribution >= 0.6 is 11.3 Å². The molecule has 9 heteroatoms. The lowest BCUT2D eigenvalue weighted by Gasteiger charge is -2.25. The Morgan fingerprint density at radius 1 is 1.10 bits per heavy atom. The number of aromatic nitrogens is 5. The summed E-state index contributed by atoms with van der Waals surface area (Å²) in [5.74, 6) is -0.228.